The van der Waals surface area contributed by atoms with E-state index in [9.17, 15) is 4.79 Å². The zero-order chi connectivity index (χ0) is 24.4. The van der Waals surface area contributed by atoms with E-state index in [-0.39, 0.29) is 11.8 Å². The van der Waals surface area contributed by atoms with Crippen LogP contribution in [0.4, 0.5) is 5.69 Å². The molecule has 5 rings (SSSR count). The summed E-state index contributed by atoms with van der Waals surface area (Å²) in [6.45, 7) is 1.56. The number of hydrogen-bond donors (Lipinski definition) is 0. The molecule has 7 nitrogen and oxygen atoms in total. The Bertz CT molecular complexity index is 1350. The van der Waals surface area contributed by atoms with E-state index in [1.807, 2.05) is 48.5 Å². The fourth-order valence-electron chi connectivity index (χ4n) is 4.51. The predicted octanol–water partition coefficient (Wildman–Crippen LogP) is 5.31. The predicted molar refractivity (Wildman–Crippen MR) is 136 cm³/mol. The fourth-order valence-corrected chi connectivity index (χ4v) is 4.73. The standard InChI is InChI=1S/C27H26ClN3O4/c1-33-19-7-9-20(10-8-19)35-14-13-30-24-6-4-3-5-23(24)29-27(30)18-15-26(32)31(17-18)25-16-21(34-2)11-12-22(25)28/h3-12,16,18H,13-15,17H2,1-2H3/t18-/m1/s1. The molecule has 1 aliphatic rings. The van der Waals surface area contributed by atoms with Crippen LogP contribution in [0.5, 0.6) is 17.2 Å². The van der Waals surface area contributed by atoms with Gasteiger partial charge in [-0.05, 0) is 48.5 Å². The third kappa shape index (κ3) is 4.64. The zero-order valence-corrected chi connectivity index (χ0v) is 20.4. The Kier molecular flexibility index (Phi) is 6.51. The van der Waals surface area contributed by atoms with Crippen molar-refractivity contribution in [3.63, 3.8) is 0 Å². The minimum Gasteiger partial charge on any atom is -0.497 e. The SMILES string of the molecule is COc1ccc(OCCn2c([C@@H]3CC(=O)N(c4cc(OC)ccc4Cl)C3)nc3ccccc32)cc1. The Balaban J connectivity index is 1.39. The Morgan fingerprint density at radius 3 is 2.46 bits per heavy atom. The van der Waals surface area contributed by atoms with Crippen LogP contribution in [0.1, 0.15) is 18.2 Å². The second-order valence-corrected chi connectivity index (χ2v) is 8.76. The molecule has 0 N–H and O–H groups in total. The number of methoxy groups -OCH3 is 2. The molecular weight excluding hydrogens is 466 g/mol. The molecular formula is C27H26ClN3O4. The normalized spacial score (nSPS) is 15.6. The Labute approximate surface area is 208 Å². The molecule has 35 heavy (non-hydrogen) atoms. The van der Waals surface area contributed by atoms with Gasteiger partial charge in [0.15, 0.2) is 0 Å². The molecule has 0 aliphatic carbocycles. The number of amides is 1. The van der Waals surface area contributed by atoms with Gasteiger partial charge >= 0.3 is 0 Å². The van der Waals surface area contributed by atoms with Gasteiger partial charge in [-0.2, -0.15) is 0 Å². The number of halogens is 1. The fraction of sp³-hybridized carbons (Fsp3) is 0.259. The summed E-state index contributed by atoms with van der Waals surface area (Å²) in [6.07, 6.45) is 0.357. The van der Waals surface area contributed by atoms with Gasteiger partial charge in [0.25, 0.3) is 0 Å². The monoisotopic (exact) mass is 491 g/mol. The molecule has 1 aliphatic heterocycles. The maximum absolute atomic E-state index is 13.0. The molecule has 2 heterocycles. The first-order chi connectivity index (χ1) is 17.1. The van der Waals surface area contributed by atoms with Gasteiger partial charge in [0, 0.05) is 24.9 Å². The van der Waals surface area contributed by atoms with E-state index in [0.29, 0.717) is 42.6 Å². The van der Waals surface area contributed by atoms with Crippen LogP contribution in [0.15, 0.2) is 66.7 Å². The molecule has 8 heteroatoms. The van der Waals surface area contributed by atoms with E-state index in [1.54, 1.807) is 37.3 Å². The number of aromatic nitrogens is 2. The topological polar surface area (TPSA) is 65.8 Å². The number of hydrogen-bond acceptors (Lipinski definition) is 5. The first kappa shape index (κ1) is 23.1. The van der Waals surface area contributed by atoms with Crippen molar-refractivity contribution in [1.82, 2.24) is 9.55 Å². The molecule has 1 amide bonds. The number of benzene rings is 3. The average Bonchev–Trinajstić information content (AvgIpc) is 3.45. The van der Waals surface area contributed by atoms with Crippen molar-refractivity contribution in [3.8, 4) is 17.2 Å². The maximum atomic E-state index is 13.0. The summed E-state index contributed by atoms with van der Waals surface area (Å²) < 4.78 is 18.7. The molecule has 1 atom stereocenters. The van der Waals surface area contributed by atoms with Gasteiger partial charge in [-0.1, -0.05) is 23.7 Å². The lowest BCUT2D eigenvalue weighted by atomic mass is 10.1. The quantitative estimate of drug-likeness (QED) is 0.334. The van der Waals surface area contributed by atoms with Crippen LogP contribution in [0.3, 0.4) is 0 Å². The van der Waals surface area contributed by atoms with Gasteiger partial charge in [0.05, 0.1) is 42.5 Å². The average molecular weight is 492 g/mol. The van der Waals surface area contributed by atoms with E-state index >= 15 is 0 Å². The number of fused-ring (bicyclic) bond motifs is 1. The van der Waals surface area contributed by atoms with Crippen LogP contribution in [0.2, 0.25) is 5.02 Å². The highest BCUT2D eigenvalue weighted by atomic mass is 35.5. The molecule has 4 aromatic rings. The van der Waals surface area contributed by atoms with Gasteiger partial charge in [-0.25, -0.2) is 4.98 Å². The Morgan fingerprint density at radius 1 is 0.971 bits per heavy atom. The number of nitrogens with zero attached hydrogens (tertiary/aromatic N) is 3. The summed E-state index contributed by atoms with van der Waals surface area (Å²) in [5.74, 6) is 3.03. The minimum absolute atomic E-state index is 0.0123. The third-order valence-corrected chi connectivity index (χ3v) is 6.58. The van der Waals surface area contributed by atoms with Crippen molar-refractivity contribution in [1.29, 1.82) is 0 Å². The smallest absolute Gasteiger partial charge is 0.227 e. The van der Waals surface area contributed by atoms with Crippen molar-refractivity contribution >= 4 is 34.2 Å². The van der Waals surface area contributed by atoms with Crippen molar-refractivity contribution < 1.29 is 19.0 Å². The summed E-state index contributed by atoms with van der Waals surface area (Å²) in [6, 6.07) is 20.9. The molecule has 0 saturated carbocycles. The first-order valence-electron chi connectivity index (χ1n) is 11.4. The lowest BCUT2D eigenvalue weighted by molar-refractivity contribution is -0.117. The first-order valence-corrected chi connectivity index (χ1v) is 11.8. The summed E-state index contributed by atoms with van der Waals surface area (Å²) >= 11 is 6.44. The van der Waals surface area contributed by atoms with Crippen LogP contribution in [0.25, 0.3) is 11.0 Å². The van der Waals surface area contributed by atoms with E-state index in [0.717, 1.165) is 28.4 Å². The van der Waals surface area contributed by atoms with Crippen molar-refractivity contribution in [2.24, 2.45) is 0 Å². The Hall–Kier alpha value is -3.71. The zero-order valence-electron chi connectivity index (χ0n) is 19.6. The van der Waals surface area contributed by atoms with Gasteiger partial charge in [0.2, 0.25) is 5.91 Å². The molecule has 3 aromatic carbocycles. The van der Waals surface area contributed by atoms with Gasteiger partial charge in [-0.15, -0.1) is 0 Å². The number of rotatable bonds is 8. The molecule has 180 valence electrons. The number of imidazole rings is 1. The van der Waals surface area contributed by atoms with E-state index in [4.69, 9.17) is 30.8 Å². The Morgan fingerprint density at radius 2 is 1.69 bits per heavy atom. The minimum atomic E-state index is -0.0712. The maximum Gasteiger partial charge on any atom is 0.227 e. The highest BCUT2D eigenvalue weighted by Crippen LogP contribution is 2.37. The molecule has 0 spiro atoms. The summed E-state index contributed by atoms with van der Waals surface area (Å²) in [4.78, 5) is 19.7. The number of ether oxygens (including phenoxy) is 3. The summed E-state index contributed by atoms with van der Waals surface area (Å²) in [7, 11) is 3.23. The third-order valence-electron chi connectivity index (χ3n) is 6.26. The van der Waals surface area contributed by atoms with Crippen LogP contribution < -0.4 is 19.1 Å². The van der Waals surface area contributed by atoms with Crippen LogP contribution in [0, 0.1) is 0 Å². The lowest BCUT2D eigenvalue weighted by Crippen LogP contribution is -2.25. The molecule has 0 unspecified atom stereocenters. The van der Waals surface area contributed by atoms with E-state index in [1.165, 1.54) is 0 Å². The van der Waals surface area contributed by atoms with Crippen LogP contribution in [-0.2, 0) is 11.3 Å². The second-order valence-electron chi connectivity index (χ2n) is 8.36. The second kappa shape index (κ2) is 9.88. The molecule has 0 radical (unpaired) electrons. The largest absolute Gasteiger partial charge is 0.497 e. The highest BCUT2D eigenvalue weighted by Gasteiger charge is 2.35. The van der Waals surface area contributed by atoms with Gasteiger partial charge in [0.1, 0.15) is 29.7 Å². The molecule has 0 bridgehead atoms. The summed E-state index contributed by atoms with van der Waals surface area (Å²) in [5, 5.41) is 0.515. The molecule has 1 saturated heterocycles. The van der Waals surface area contributed by atoms with Crippen LogP contribution >= 0.6 is 11.6 Å². The summed E-state index contributed by atoms with van der Waals surface area (Å²) in [5.41, 5.74) is 2.58. The number of para-hydroxylation sites is 2. The lowest BCUT2D eigenvalue weighted by Gasteiger charge is -2.19. The number of carbonyl (C=O) groups excluding carboxylic acids is 1. The van der Waals surface area contributed by atoms with Crippen LogP contribution in [-0.4, -0.2) is 42.8 Å². The molecule has 1 aromatic heterocycles. The number of carbonyl (C=O) groups is 1. The van der Waals surface area contributed by atoms with E-state index in [2.05, 4.69) is 4.57 Å². The van der Waals surface area contributed by atoms with Crippen molar-refractivity contribution in [2.45, 2.75) is 18.9 Å². The van der Waals surface area contributed by atoms with Gasteiger partial charge in [-0.3, -0.25) is 4.79 Å². The van der Waals surface area contributed by atoms with Gasteiger partial charge < -0.3 is 23.7 Å². The van der Waals surface area contributed by atoms with Crippen molar-refractivity contribution in [2.75, 3.05) is 32.3 Å². The number of anilines is 1. The molecule has 1 fully saturated rings. The van der Waals surface area contributed by atoms with Crippen molar-refractivity contribution in [3.05, 3.63) is 77.6 Å². The highest BCUT2D eigenvalue weighted by molar-refractivity contribution is 6.34. The van der Waals surface area contributed by atoms with E-state index < -0.39 is 0 Å².